The van der Waals surface area contributed by atoms with Crippen molar-refractivity contribution in [2.24, 2.45) is 16.5 Å². The van der Waals surface area contributed by atoms with Crippen molar-refractivity contribution in [2.75, 3.05) is 0 Å². The average Bonchev–Trinajstić information content (AvgIpc) is 2.96. The maximum absolute atomic E-state index is 5.45. The molecule has 1 aromatic heterocycles. The van der Waals surface area contributed by atoms with Crippen LogP contribution in [0.2, 0.25) is 0 Å². The standard InChI is InChI=1S/C19H20N6/c1-2-14-8-10-16(11-9-14)13-25-17(12-15-6-4-3-5-7-15)22-19(24-25)23-18(20)21/h2-11H,1,12-13H2,(H4,20,21,23,24). The summed E-state index contributed by atoms with van der Waals surface area (Å²) in [6, 6.07) is 18.2. The second-order valence-electron chi connectivity index (χ2n) is 5.63. The van der Waals surface area contributed by atoms with Crippen LogP contribution in [0.25, 0.3) is 6.08 Å². The number of rotatable bonds is 6. The number of nitrogens with two attached hydrogens (primary N) is 2. The van der Waals surface area contributed by atoms with Crippen LogP contribution in [0.3, 0.4) is 0 Å². The minimum absolute atomic E-state index is 0.0567. The van der Waals surface area contributed by atoms with Gasteiger partial charge in [0.25, 0.3) is 5.95 Å². The SMILES string of the molecule is C=Cc1ccc(Cn2nc(N=C(N)N)nc2Cc2ccccc2)cc1. The number of guanidine groups is 1. The first-order valence-corrected chi connectivity index (χ1v) is 7.92. The van der Waals surface area contributed by atoms with Crippen molar-refractivity contribution in [2.45, 2.75) is 13.0 Å². The first-order valence-electron chi connectivity index (χ1n) is 7.92. The summed E-state index contributed by atoms with van der Waals surface area (Å²) in [6.45, 7) is 4.36. The summed E-state index contributed by atoms with van der Waals surface area (Å²) in [5.41, 5.74) is 14.2. The van der Waals surface area contributed by atoms with Crippen LogP contribution in [0.15, 0.2) is 66.2 Å². The van der Waals surface area contributed by atoms with E-state index in [9.17, 15) is 0 Å². The van der Waals surface area contributed by atoms with Crippen molar-refractivity contribution in [1.29, 1.82) is 0 Å². The number of aromatic nitrogens is 3. The van der Waals surface area contributed by atoms with E-state index in [4.69, 9.17) is 11.5 Å². The van der Waals surface area contributed by atoms with Gasteiger partial charge in [0.05, 0.1) is 6.54 Å². The van der Waals surface area contributed by atoms with Crippen LogP contribution in [0.4, 0.5) is 5.95 Å². The Bertz CT molecular complexity index is 874. The molecule has 0 atom stereocenters. The number of aliphatic imine (C=N–C) groups is 1. The molecule has 2 aromatic carbocycles. The van der Waals surface area contributed by atoms with E-state index in [0.717, 1.165) is 22.5 Å². The van der Waals surface area contributed by atoms with E-state index in [1.165, 1.54) is 0 Å². The highest BCUT2D eigenvalue weighted by molar-refractivity contribution is 5.77. The predicted molar refractivity (Wildman–Crippen MR) is 100 cm³/mol. The smallest absolute Gasteiger partial charge is 0.271 e. The van der Waals surface area contributed by atoms with Gasteiger partial charge in [-0.3, -0.25) is 0 Å². The van der Waals surface area contributed by atoms with E-state index in [0.29, 0.717) is 13.0 Å². The fraction of sp³-hybridized carbons (Fsp3) is 0.105. The molecule has 4 N–H and O–H groups in total. The Kier molecular flexibility index (Phi) is 4.89. The van der Waals surface area contributed by atoms with Crippen molar-refractivity contribution in [3.8, 4) is 0 Å². The molecule has 6 heteroatoms. The van der Waals surface area contributed by atoms with Crippen molar-refractivity contribution in [1.82, 2.24) is 14.8 Å². The predicted octanol–water partition coefficient (Wildman–Crippen LogP) is 2.47. The normalized spacial score (nSPS) is 10.4. The third-order valence-electron chi connectivity index (χ3n) is 3.72. The molecule has 0 bridgehead atoms. The van der Waals surface area contributed by atoms with Gasteiger partial charge in [-0.1, -0.05) is 67.3 Å². The molecule has 0 saturated heterocycles. The molecule has 0 saturated carbocycles. The third-order valence-corrected chi connectivity index (χ3v) is 3.72. The van der Waals surface area contributed by atoms with Crippen LogP contribution in [0, 0.1) is 0 Å². The Labute approximate surface area is 146 Å². The Hall–Kier alpha value is -3.41. The molecule has 6 nitrogen and oxygen atoms in total. The number of nitrogens with zero attached hydrogens (tertiary/aromatic N) is 4. The first kappa shape index (κ1) is 16.4. The zero-order valence-corrected chi connectivity index (χ0v) is 13.8. The van der Waals surface area contributed by atoms with Gasteiger partial charge in [0.2, 0.25) is 0 Å². The highest BCUT2D eigenvalue weighted by atomic mass is 15.4. The van der Waals surface area contributed by atoms with Crippen molar-refractivity contribution < 1.29 is 0 Å². The van der Waals surface area contributed by atoms with Crippen LogP contribution in [-0.2, 0) is 13.0 Å². The molecule has 0 aliphatic carbocycles. The molecule has 0 aliphatic heterocycles. The summed E-state index contributed by atoms with van der Waals surface area (Å²) in [7, 11) is 0. The summed E-state index contributed by atoms with van der Waals surface area (Å²) in [6.07, 6.45) is 2.47. The van der Waals surface area contributed by atoms with Crippen molar-refractivity contribution in [3.63, 3.8) is 0 Å². The molecule has 0 amide bonds. The highest BCUT2D eigenvalue weighted by Crippen LogP contribution is 2.15. The minimum atomic E-state index is -0.0567. The molecule has 3 rings (SSSR count). The zero-order chi connectivity index (χ0) is 17.6. The van der Waals surface area contributed by atoms with Gasteiger partial charge in [-0.05, 0) is 16.7 Å². The van der Waals surface area contributed by atoms with Crippen molar-refractivity contribution in [3.05, 3.63) is 83.7 Å². The first-order chi connectivity index (χ1) is 12.1. The quantitative estimate of drug-likeness (QED) is 0.535. The van der Waals surface area contributed by atoms with E-state index < -0.39 is 0 Å². The van der Waals surface area contributed by atoms with Gasteiger partial charge < -0.3 is 11.5 Å². The molecule has 0 aliphatic rings. The molecule has 1 heterocycles. The second-order valence-corrected chi connectivity index (χ2v) is 5.63. The van der Waals surface area contributed by atoms with Gasteiger partial charge in [0.1, 0.15) is 5.82 Å². The van der Waals surface area contributed by atoms with E-state index >= 15 is 0 Å². The van der Waals surface area contributed by atoms with Crippen LogP contribution in [0.5, 0.6) is 0 Å². The topological polar surface area (TPSA) is 95.1 Å². The maximum Gasteiger partial charge on any atom is 0.271 e. The summed E-state index contributed by atoms with van der Waals surface area (Å²) >= 11 is 0. The van der Waals surface area contributed by atoms with E-state index in [-0.39, 0.29) is 11.9 Å². The summed E-state index contributed by atoms with van der Waals surface area (Å²) in [4.78, 5) is 8.43. The van der Waals surface area contributed by atoms with Gasteiger partial charge in [-0.15, -0.1) is 5.10 Å². The molecular formula is C19H20N6. The fourth-order valence-electron chi connectivity index (χ4n) is 2.49. The van der Waals surface area contributed by atoms with Gasteiger partial charge in [-0.25, -0.2) is 4.68 Å². The monoisotopic (exact) mass is 332 g/mol. The highest BCUT2D eigenvalue weighted by Gasteiger charge is 2.11. The Morgan fingerprint density at radius 1 is 1.04 bits per heavy atom. The summed E-state index contributed by atoms with van der Waals surface area (Å²) in [5, 5.41) is 4.42. The Morgan fingerprint density at radius 2 is 1.76 bits per heavy atom. The molecule has 0 spiro atoms. The molecule has 0 unspecified atom stereocenters. The summed E-state index contributed by atoms with van der Waals surface area (Å²) in [5.74, 6) is 1.02. The Morgan fingerprint density at radius 3 is 2.40 bits per heavy atom. The lowest BCUT2D eigenvalue weighted by Crippen LogP contribution is -2.22. The third kappa shape index (κ3) is 4.32. The lowest BCUT2D eigenvalue weighted by Gasteiger charge is -2.06. The van der Waals surface area contributed by atoms with E-state index in [2.05, 4.69) is 33.8 Å². The zero-order valence-electron chi connectivity index (χ0n) is 13.8. The van der Waals surface area contributed by atoms with Gasteiger partial charge in [-0.2, -0.15) is 9.98 Å². The van der Waals surface area contributed by atoms with Crippen LogP contribution < -0.4 is 11.5 Å². The van der Waals surface area contributed by atoms with Gasteiger partial charge in [0, 0.05) is 6.42 Å². The van der Waals surface area contributed by atoms with Crippen molar-refractivity contribution >= 4 is 18.0 Å². The fourth-order valence-corrected chi connectivity index (χ4v) is 2.49. The largest absolute Gasteiger partial charge is 0.370 e. The molecule has 3 aromatic rings. The minimum Gasteiger partial charge on any atom is -0.370 e. The molecule has 0 radical (unpaired) electrons. The lowest BCUT2D eigenvalue weighted by atomic mass is 10.1. The van der Waals surface area contributed by atoms with Gasteiger partial charge in [0.15, 0.2) is 5.96 Å². The average molecular weight is 332 g/mol. The number of hydrogen-bond acceptors (Lipinski definition) is 3. The lowest BCUT2D eigenvalue weighted by molar-refractivity contribution is 0.648. The molecule has 126 valence electrons. The second kappa shape index (κ2) is 7.44. The maximum atomic E-state index is 5.45. The summed E-state index contributed by atoms with van der Waals surface area (Å²) < 4.78 is 1.83. The molecule has 0 fully saturated rings. The molecule has 25 heavy (non-hydrogen) atoms. The number of benzene rings is 2. The molecular weight excluding hydrogens is 312 g/mol. The van der Waals surface area contributed by atoms with E-state index in [1.54, 1.807) is 0 Å². The van der Waals surface area contributed by atoms with Crippen LogP contribution in [-0.4, -0.2) is 20.7 Å². The van der Waals surface area contributed by atoms with Crippen LogP contribution >= 0.6 is 0 Å². The number of hydrogen-bond donors (Lipinski definition) is 2. The van der Waals surface area contributed by atoms with E-state index in [1.807, 2.05) is 53.2 Å². The van der Waals surface area contributed by atoms with Gasteiger partial charge >= 0.3 is 0 Å². The Balaban J connectivity index is 1.90. The van der Waals surface area contributed by atoms with Crippen LogP contribution in [0.1, 0.15) is 22.5 Å².